The number of nitrogens with zero attached hydrogens (tertiary/aromatic N) is 1. The minimum atomic E-state index is -0.944. The molecule has 3 unspecified atom stereocenters. The van der Waals surface area contributed by atoms with Gasteiger partial charge in [0.15, 0.2) is 0 Å². The van der Waals surface area contributed by atoms with Crippen molar-refractivity contribution < 1.29 is 5.11 Å². The molecule has 0 bridgehead atoms. The Labute approximate surface area is 121 Å². The fourth-order valence-corrected chi connectivity index (χ4v) is 4.37. The van der Waals surface area contributed by atoms with Crippen LogP contribution in [0.2, 0.25) is 0 Å². The van der Waals surface area contributed by atoms with Crippen LogP contribution in [0, 0.1) is 22.7 Å². The van der Waals surface area contributed by atoms with Crippen molar-refractivity contribution in [2.75, 3.05) is 0 Å². The van der Waals surface area contributed by atoms with E-state index in [1.165, 1.54) is 5.56 Å². The molecule has 1 saturated carbocycles. The van der Waals surface area contributed by atoms with Gasteiger partial charge < -0.3 is 5.11 Å². The third-order valence-electron chi connectivity index (χ3n) is 5.65. The van der Waals surface area contributed by atoms with Gasteiger partial charge >= 0.3 is 0 Å². The minimum Gasteiger partial charge on any atom is -0.383 e. The lowest BCUT2D eigenvalue weighted by Gasteiger charge is -2.44. The van der Waals surface area contributed by atoms with Gasteiger partial charge in [0.25, 0.3) is 0 Å². The minimum absolute atomic E-state index is 0.579. The lowest BCUT2D eigenvalue weighted by atomic mass is 9.62. The van der Waals surface area contributed by atoms with Crippen molar-refractivity contribution in [1.29, 1.82) is 5.26 Å². The van der Waals surface area contributed by atoms with Crippen molar-refractivity contribution in [2.45, 2.75) is 57.5 Å². The van der Waals surface area contributed by atoms with Crippen LogP contribution >= 0.6 is 0 Å². The monoisotopic (exact) mass is 269 g/mol. The fourth-order valence-electron chi connectivity index (χ4n) is 4.37. The predicted molar refractivity (Wildman–Crippen MR) is 79.0 cm³/mol. The molecule has 0 aliphatic heterocycles. The zero-order chi connectivity index (χ0) is 14.2. The van der Waals surface area contributed by atoms with Crippen molar-refractivity contribution in [2.24, 2.45) is 11.3 Å². The standard InChI is InChI=1S/C18H23NO/c1-2-14-9-11-17(12-14,13-19)18(20)10-5-7-15-6-3-4-8-16(15)18/h3-4,6,8,14,20H,2,5,7,9-12H2,1H3. The summed E-state index contributed by atoms with van der Waals surface area (Å²) in [6.07, 6.45) is 6.62. The highest BCUT2D eigenvalue weighted by Gasteiger charge is 2.56. The number of benzene rings is 1. The normalized spacial score (nSPS) is 36.4. The van der Waals surface area contributed by atoms with Crippen LogP contribution in [0.5, 0.6) is 0 Å². The average molecular weight is 269 g/mol. The number of fused-ring (bicyclic) bond motifs is 1. The van der Waals surface area contributed by atoms with Crippen molar-refractivity contribution >= 4 is 0 Å². The molecule has 3 rings (SSSR count). The highest BCUT2D eigenvalue weighted by Crippen LogP contribution is 2.57. The summed E-state index contributed by atoms with van der Waals surface area (Å²) in [7, 11) is 0. The third kappa shape index (κ3) is 1.80. The zero-order valence-electron chi connectivity index (χ0n) is 12.2. The van der Waals surface area contributed by atoms with E-state index in [9.17, 15) is 10.4 Å². The van der Waals surface area contributed by atoms with Gasteiger partial charge in [-0.15, -0.1) is 0 Å². The van der Waals surface area contributed by atoms with Crippen LogP contribution in [-0.2, 0) is 12.0 Å². The second-order valence-electron chi connectivity index (χ2n) is 6.58. The Morgan fingerprint density at radius 3 is 2.85 bits per heavy atom. The first-order valence-corrected chi connectivity index (χ1v) is 7.87. The van der Waals surface area contributed by atoms with E-state index in [1.807, 2.05) is 18.2 Å². The van der Waals surface area contributed by atoms with E-state index in [4.69, 9.17) is 0 Å². The molecular formula is C18H23NO. The van der Waals surface area contributed by atoms with E-state index in [1.54, 1.807) is 0 Å². The summed E-state index contributed by atoms with van der Waals surface area (Å²) in [5.41, 5.74) is 0.727. The van der Waals surface area contributed by atoms with Gasteiger partial charge in [-0.05, 0) is 55.6 Å². The topological polar surface area (TPSA) is 44.0 Å². The molecule has 20 heavy (non-hydrogen) atoms. The largest absolute Gasteiger partial charge is 0.383 e. The Kier molecular flexibility index (Phi) is 3.34. The average Bonchev–Trinajstić information content (AvgIpc) is 2.93. The number of aliphatic hydroxyl groups is 1. The van der Waals surface area contributed by atoms with E-state index >= 15 is 0 Å². The maximum Gasteiger partial charge on any atom is 0.108 e. The summed E-state index contributed by atoms with van der Waals surface area (Å²) in [6, 6.07) is 10.7. The molecule has 0 spiro atoms. The summed E-state index contributed by atoms with van der Waals surface area (Å²) in [6.45, 7) is 2.19. The Morgan fingerprint density at radius 1 is 1.35 bits per heavy atom. The Balaban J connectivity index is 2.07. The molecule has 2 aliphatic rings. The molecule has 106 valence electrons. The first kappa shape index (κ1) is 13.6. The van der Waals surface area contributed by atoms with Crippen LogP contribution in [-0.4, -0.2) is 5.11 Å². The summed E-state index contributed by atoms with van der Waals surface area (Å²) in [5.74, 6) is 0.591. The van der Waals surface area contributed by atoms with Gasteiger partial charge in [-0.1, -0.05) is 37.6 Å². The first-order valence-electron chi connectivity index (χ1n) is 7.87. The van der Waals surface area contributed by atoms with Gasteiger partial charge in [-0.3, -0.25) is 0 Å². The zero-order valence-corrected chi connectivity index (χ0v) is 12.2. The van der Waals surface area contributed by atoms with E-state index in [0.717, 1.165) is 50.5 Å². The van der Waals surface area contributed by atoms with Gasteiger partial charge in [-0.25, -0.2) is 0 Å². The predicted octanol–water partition coefficient (Wildman–Crippen LogP) is 3.93. The molecule has 0 saturated heterocycles. The van der Waals surface area contributed by atoms with Crippen molar-refractivity contribution in [3.8, 4) is 6.07 Å². The smallest absolute Gasteiger partial charge is 0.108 e. The summed E-state index contributed by atoms with van der Waals surface area (Å²) < 4.78 is 0. The summed E-state index contributed by atoms with van der Waals surface area (Å²) >= 11 is 0. The Morgan fingerprint density at radius 2 is 2.15 bits per heavy atom. The lowest BCUT2D eigenvalue weighted by Crippen LogP contribution is -2.46. The van der Waals surface area contributed by atoms with Crippen molar-refractivity contribution in [3.63, 3.8) is 0 Å². The lowest BCUT2D eigenvalue weighted by molar-refractivity contribution is -0.0746. The highest BCUT2D eigenvalue weighted by molar-refractivity contribution is 5.39. The van der Waals surface area contributed by atoms with Crippen LogP contribution in [0.15, 0.2) is 24.3 Å². The maximum atomic E-state index is 11.5. The van der Waals surface area contributed by atoms with Gasteiger partial charge in [0.05, 0.1) is 11.5 Å². The van der Waals surface area contributed by atoms with E-state index in [0.29, 0.717) is 5.92 Å². The van der Waals surface area contributed by atoms with Gasteiger partial charge in [0.1, 0.15) is 5.60 Å². The first-order chi connectivity index (χ1) is 9.65. The quantitative estimate of drug-likeness (QED) is 0.884. The molecule has 0 heterocycles. The molecule has 3 atom stereocenters. The molecule has 0 aromatic heterocycles. The molecule has 2 aliphatic carbocycles. The number of aryl methyl sites for hydroxylation is 1. The van der Waals surface area contributed by atoms with Gasteiger partial charge in [-0.2, -0.15) is 5.26 Å². The number of hydrogen-bond acceptors (Lipinski definition) is 2. The maximum absolute atomic E-state index is 11.5. The van der Waals surface area contributed by atoms with E-state index < -0.39 is 11.0 Å². The Bertz CT molecular complexity index is 547. The molecule has 1 N–H and O–H groups in total. The highest BCUT2D eigenvalue weighted by atomic mass is 16.3. The van der Waals surface area contributed by atoms with E-state index in [2.05, 4.69) is 19.1 Å². The van der Waals surface area contributed by atoms with E-state index in [-0.39, 0.29) is 0 Å². The Hall–Kier alpha value is -1.33. The third-order valence-corrected chi connectivity index (χ3v) is 5.65. The number of hydrogen-bond donors (Lipinski definition) is 1. The molecule has 0 radical (unpaired) electrons. The summed E-state index contributed by atoms with van der Waals surface area (Å²) in [4.78, 5) is 0. The molecule has 0 amide bonds. The van der Waals surface area contributed by atoms with Crippen molar-refractivity contribution in [3.05, 3.63) is 35.4 Å². The van der Waals surface area contributed by atoms with Gasteiger partial charge in [0, 0.05) is 0 Å². The molecule has 2 nitrogen and oxygen atoms in total. The van der Waals surface area contributed by atoms with Crippen LogP contribution in [0.1, 0.15) is 56.6 Å². The molecular weight excluding hydrogens is 246 g/mol. The van der Waals surface area contributed by atoms with Gasteiger partial charge in [0.2, 0.25) is 0 Å². The van der Waals surface area contributed by atoms with Crippen molar-refractivity contribution in [1.82, 2.24) is 0 Å². The summed E-state index contributed by atoms with van der Waals surface area (Å²) in [5, 5.41) is 21.3. The SMILES string of the molecule is CCC1CCC(C#N)(C2(O)CCCc3ccccc32)C1. The van der Waals surface area contributed by atoms with Crippen LogP contribution < -0.4 is 0 Å². The second kappa shape index (κ2) is 4.90. The number of nitriles is 1. The molecule has 1 aromatic rings. The molecule has 1 fully saturated rings. The van der Waals surface area contributed by atoms with Crippen LogP contribution in [0.3, 0.4) is 0 Å². The second-order valence-corrected chi connectivity index (χ2v) is 6.58. The number of rotatable bonds is 2. The van der Waals surface area contributed by atoms with Crippen LogP contribution in [0.25, 0.3) is 0 Å². The van der Waals surface area contributed by atoms with Crippen LogP contribution in [0.4, 0.5) is 0 Å². The molecule has 2 heteroatoms. The molecule has 1 aromatic carbocycles. The fraction of sp³-hybridized carbons (Fsp3) is 0.611.